The molecule has 10 nitrogen and oxygen atoms in total. The number of nitrogens with zero attached hydrogens (tertiary/aromatic N) is 2. The van der Waals surface area contributed by atoms with Gasteiger partial charge in [0.1, 0.15) is 5.60 Å². The number of rotatable bonds is 24. The predicted octanol–water partition coefficient (Wildman–Crippen LogP) is 3.06. The van der Waals surface area contributed by atoms with Gasteiger partial charge in [-0.2, -0.15) is 0 Å². The van der Waals surface area contributed by atoms with Gasteiger partial charge in [0.15, 0.2) is 0 Å². The number of unbranched alkanes of at least 4 members (excludes halogenated alkanes) is 5. The molecule has 0 saturated heterocycles. The van der Waals surface area contributed by atoms with Gasteiger partial charge < -0.3 is 34.3 Å². The summed E-state index contributed by atoms with van der Waals surface area (Å²) in [4.78, 5) is 28.2. The Morgan fingerprint density at radius 3 is 1.92 bits per heavy atom. The number of hydrogen-bond donors (Lipinski definition) is 2. The van der Waals surface area contributed by atoms with E-state index < -0.39 is 11.7 Å². The number of amides is 2. The lowest BCUT2D eigenvalue weighted by Crippen LogP contribution is -2.40. The smallest absolute Gasteiger partial charge is 0.410 e. The minimum atomic E-state index is -0.586. The zero-order chi connectivity index (χ0) is 27.8. The lowest BCUT2D eigenvalue weighted by molar-refractivity contribution is -0.122. The first-order valence-electron chi connectivity index (χ1n) is 14.0. The van der Waals surface area contributed by atoms with Crippen molar-refractivity contribution < 1.29 is 33.6 Å². The molecule has 0 aliphatic heterocycles. The zero-order valence-electron chi connectivity index (χ0n) is 24.2. The molecule has 0 rings (SSSR count). The Kier molecular flexibility index (Phi) is 22.7. The van der Waals surface area contributed by atoms with E-state index in [1.807, 2.05) is 27.7 Å². The lowest BCUT2D eigenvalue weighted by atomic mass is 10.1. The van der Waals surface area contributed by atoms with Gasteiger partial charge in [-0.25, -0.2) is 4.79 Å². The fourth-order valence-electron chi connectivity index (χ4n) is 3.39. The molecule has 0 atom stereocenters. The lowest BCUT2D eigenvalue weighted by Gasteiger charge is -2.27. The van der Waals surface area contributed by atoms with Gasteiger partial charge in [-0.1, -0.05) is 46.0 Å². The third kappa shape index (κ3) is 23.4. The molecule has 0 heterocycles. The second-order valence-electron chi connectivity index (χ2n) is 10.0. The van der Waals surface area contributed by atoms with Gasteiger partial charge in [0.25, 0.3) is 0 Å². The predicted molar refractivity (Wildman–Crippen MR) is 146 cm³/mol. The normalized spacial score (nSPS) is 11.6. The van der Waals surface area contributed by atoms with Crippen LogP contribution >= 0.6 is 0 Å². The second-order valence-corrected chi connectivity index (χ2v) is 10.0. The summed E-state index contributed by atoms with van der Waals surface area (Å²) < 4.78 is 22.0. The van der Waals surface area contributed by atoms with Crippen molar-refractivity contribution in [1.82, 2.24) is 15.1 Å². The van der Waals surface area contributed by atoms with E-state index in [9.17, 15) is 9.59 Å². The number of carbonyl (C=O) groups is 2. The topological polar surface area (TPSA) is 110 Å². The van der Waals surface area contributed by atoms with E-state index in [1.165, 1.54) is 32.1 Å². The van der Waals surface area contributed by atoms with Crippen molar-refractivity contribution in [3.8, 4) is 0 Å². The largest absolute Gasteiger partial charge is 0.444 e. The fraction of sp³-hybridized carbons (Fsp3) is 0.926. The van der Waals surface area contributed by atoms with E-state index in [0.29, 0.717) is 59.2 Å². The van der Waals surface area contributed by atoms with Crippen LogP contribution in [0.2, 0.25) is 0 Å². The van der Waals surface area contributed by atoms with E-state index in [2.05, 4.69) is 17.1 Å². The van der Waals surface area contributed by atoms with Gasteiger partial charge in [-0.15, -0.1) is 0 Å². The summed E-state index contributed by atoms with van der Waals surface area (Å²) in [6, 6.07) is 0. The maximum absolute atomic E-state index is 12.4. The molecule has 0 bridgehead atoms. The summed E-state index contributed by atoms with van der Waals surface area (Å²) in [5, 5.41) is 11.8. The Morgan fingerprint density at radius 1 is 0.784 bits per heavy atom. The summed E-state index contributed by atoms with van der Waals surface area (Å²) in [7, 11) is 0. The molecule has 0 saturated carbocycles. The quantitative estimate of drug-likeness (QED) is 0.182. The van der Waals surface area contributed by atoms with Gasteiger partial charge in [0.2, 0.25) is 5.91 Å². The van der Waals surface area contributed by atoms with Crippen LogP contribution in [0, 0.1) is 0 Å². The second kappa shape index (κ2) is 23.6. The molecule has 10 heteroatoms. The van der Waals surface area contributed by atoms with Gasteiger partial charge in [-0.3, -0.25) is 9.69 Å². The molecule has 2 N–H and O–H groups in total. The van der Waals surface area contributed by atoms with Gasteiger partial charge >= 0.3 is 6.09 Å². The number of aliphatic hydroxyl groups excluding tert-OH is 1. The molecule has 0 aromatic heterocycles. The number of aliphatic hydroxyl groups is 1. The number of nitrogens with one attached hydrogen (secondary N) is 1. The summed E-state index contributed by atoms with van der Waals surface area (Å²) in [5.74, 6) is 0.0649. The van der Waals surface area contributed by atoms with E-state index in [-0.39, 0.29) is 19.1 Å². The van der Waals surface area contributed by atoms with Crippen molar-refractivity contribution in [2.75, 3.05) is 85.5 Å². The van der Waals surface area contributed by atoms with Crippen LogP contribution in [0.4, 0.5) is 4.79 Å². The average Bonchev–Trinajstić information content (AvgIpc) is 2.84. The summed E-state index contributed by atoms with van der Waals surface area (Å²) in [6.45, 7) is 15.2. The maximum atomic E-state index is 12.4. The SMILES string of the molecule is CCCCCCCCNC(=O)CN(CC)CCOCCOCCN(CCOCCO)C(=O)OC(C)(C)C. The number of hydrogen-bond acceptors (Lipinski definition) is 8. The Balaban J connectivity index is 3.98. The molecule has 0 fully saturated rings. The van der Waals surface area contributed by atoms with E-state index in [0.717, 1.165) is 19.5 Å². The maximum Gasteiger partial charge on any atom is 0.410 e. The first-order chi connectivity index (χ1) is 17.7. The molecule has 0 aliphatic carbocycles. The van der Waals surface area contributed by atoms with Crippen molar-refractivity contribution in [2.45, 2.75) is 78.7 Å². The number of likely N-dealkylation sites (N-methyl/N-ethyl adjacent to an activating group) is 1. The Hall–Kier alpha value is -1.46. The molecule has 0 unspecified atom stereocenters. The van der Waals surface area contributed by atoms with Crippen LogP contribution in [0.3, 0.4) is 0 Å². The average molecular weight is 534 g/mol. The van der Waals surface area contributed by atoms with Gasteiger partial charge in [0, 0.05) is 26.2 Å². The van der Waals surface area contributed by atoms with Crippen molar-refractivity contribution >= 4 is 12.0 Å². The van der Waals surface area contributed by atoms with Crippen LogP contribution < -0.4 is 5.32 Å². The molecular weight excluding hydrogens is 478 g/mol. The highest BCUT2D eigenvalue weighted by Gasteiger charge is 2.21. The summed E-state index contributed by atoms with van der Waals surface area (Å²) in [5.41, 5.74) is -0.586. The van der Waals surface area contributed by atoms with Crippen LogP contribution in [-0.4, -0.2) is 118 Å². The Labute approximate surface area is 225 Å². The molecule has 0 aromatic rings. The molecule has 2 amide bonds. The zero-order valence-corrected chi connectivity index (χ0v) is 24.2. The van der Waals surface area contributed by atoms with Crippen molar-refractivity contribution in [2.24, 2.45) is 0 Å². The minimum Gasteiger partial charge on any atom is -0.444 e. The van der Waals surface area contributed by atoms with Crippen LogP contribution in [0.1, 0.15) is 73.1 Å². The molecule has 0 radical (unpaired) electrons. The van der Waals surface area contributed by atoms with Crippen molar-refractivity contribution in [3.05, 3.63) is 0 Å². The molecule has 37 heavy (non-hydrogen) atoms. The third-order valence-corrected chi connectivity index (χ3v) is 5.49. The highest BCUT2D eigenvalue weighted by molar-refractivity contribution is 5.77. The monoisotopic (exact) mass is 533 g/mol. The first-order valence-corrected chi connectivity index (χ1v) is 14.0. The van der Waals surface area contributed by atoms with Crippen LogP contribution in [0.25, 0.3) is 0 Å². The highest BCUT2D eigenvalue weighted by atomic mass is 16.6. The van der Waals surface area contributed by atoms with Crippen molar-refractivity contribution in [1.29, 1.82) is 0 Å². The third-order valence-electron chi connectivity index (χ3n) is 5.49. The molecule has 0 aliphatic rings. The van der Waals surface area contributed by atoms with Crippen LogP contribution in [0.5, 0.6) is 0 Å². The van der Waals surface area contributed by atoms with Gasteiger partial charge in [0.05, 0.1) is 52.8 Å². The Bertz CT molecular complexity index is 559. The molecular formula is C27H55N3O7. The standard InChI is InChI=1S/C27H55N3O7/c1-6-8-9-10-11-12-13-28-25(32)24-29(7-2)14-18-35-22-23-36-20-16-30(15-19-34-21-17-31)26(33)37-27(3,4)5/h31H,6-24H2,1-5H3,(H,28,32). The highest BCUT2D eigenvalue weighted by Crippen LogP contribution is 2.10. The van der Waals surface area contributed by atoms with Crippen molar-refractivity contribution in [3.63, 3.8) is 0 Å². The molecule has 220 valence electrons. The van der Waals surface area contributed by atoms with Gasteiger partial charge in [-0.05, 0) is 33.7 Å². The number of ether oxygens (including phenoxy) is 4. The molecule has 0 spiro atoms. The first kappa shape index (κ1) is 35.5. The van der Waals surface area contributed by atoms with E-state index >= 15 is 0 Å². The Morgan fingerprint density at radius 2 is 1.35 bits per heavy atom. The fourth-order valence-corrected chi connectivity index (χ4v) is 3.39. The van der Waals surface area contributed by atoms with E-state index in [4.69, 9.17) is 24.1 Å². The number of carbonyl (C=O) groups excluding carboxylic acids is 2. The van der Waals surface area contributed by atoms with E-state index in [1.54, 1.807) is 4.90 Å². The van der Waals surface area contributed by atoms with Crippen LogP contribution in [-0.2, 0) is 23.7 Å². The summed E-state index contributed by atoms with van der Waals surface area (Å²) in [6.07, 6.45) is 6.86. The molecule has 0 aromatic carbocycles. The van der Waals surface area contributed by atoms with Crippen LogP contribution in [0.15, 0.2) is 0 Å². The minimum absolute atomic E-state index is 0.0575. The summed E-state index contributed by atoms with van der Waals surface area (Å²) >= 11 is 0.